The molecule has 4 aromatic carbocycles. The quantitative estimate of drug-likeness (QED) is 0.256. The lowest BCUT2D eigenvalue weighted by atomic mass is 10.0. The summed E-state index contributed by atoms with van der Waals surface area (Å²) in [6.45, 7) is 0.997. The number of carbonyl (C=O) groups is 2. The van der Waals surface area contributed by atoms with Gasteiger partial charge in [-0.25, -0.2) is 0 Å². The van der Waals surface area contributed by atoms with Crippen LogP contribution in [0.2, 0.25) is 0 Å². The average molecular weight is 475 g/mol. The third-order valence-corrected chi connectivity index (χ3v) is 7.29. The van der Waals surface area contributed by atoms with Crippen LogP contribution in [0.25, 0.3) is 27.8 Å². The molecule has 1 aliphatic rings. The predicted molar refractivity (Wildman–Crippen MR) is 143 cm³/mol. The number of thioether (sulfide) groups is 1. The van der Waals surface area contributed by atoms with Gasteiger partial charge in [-0.3, -0.25) is 14.5 Å². The van der Waals surface area contributed by atoms with Gasteiger partial charge in [0.05, 0.1) is 11.4 Å². The van der Waals surface area contributed by atoms with Crippen LogP contribution >= 0.6 is 11.8 Å². The molecule has 0 atom stereocenters. The number of rotatable bonds is 5. The maximum Gasteiger partial charge on any atom is 0.293 e. The lowest BCUT2D eigenvalue weighted by Gasteiger charge is -2.14. The minimum atomic E-state index is -0.243. The van der Waals surface area contributed by atoms with Crippen molar-refractivity contribution in [2.45, 2.75) is 13.1 Å². The molecular formula is C30H22N2O2S. The van der Waals surface area contributed by atoms with E-state index in [2.05, 4.69) is 35.0 Å². The fraction of sp³-hybridized carbons (Fsp3) is 0.0667. The first kappa shape index (κ1) is 21.4. The zero-order valence-corrected chi connectivity index (χ0v) is 19.7. The summed E-state index contributed by atoms with van der Waals surface area (Å²) in [5.74, 6) is -0.243. The Kier molecular flexibility index (Phi) is 5.47. The summed E-state index contributed by atoms with van der Waals surface area (Å²) in [6, 6.07) is 32.5. The van der Waals surface area contributed by atoms with Crippen LogP contribution in [0.5, 0.6) is 0 Å². The first-order valence-corrected chi connectivity index (χ1v) is 12.3. The number of benzene rings is 4. The monoisotopic (exact) mass is 474 g/mol. The highest BCUT2D eigenvalue weighted by molar-refractivity contribution is 8.18. The second-order valence-electron chi connectivity index (χ2n) is 8.62. The molecule has 1 aliphatic heterocycles. The number of aromatic nitrogens is 1. The molecule has 0 radical (unpaired) electrons. The van der Waals surface area contributed by atoms with Crippen LogP contribution in [-0.4, -0.2) is 20.6 Å². The molecule has 0 bridgehead atoms. The van der Waals surface area contributed by atoms with Gasteiger partial charge in [0.1, 0.15) is 0 Å². The van der Waals surface area contributed by atoms with Gasteiger partial charge < -0.3 is 4.57 Å². The third-order valence-electron chi connectivity index (χ3n) is 6.38. The van der Waals surface area contributed by atoms with Crippen LogP contribution in [0, 0.1) is 0 Å². The van der Waals surface area contributed by atoms with E-state index in [0.29, 0.717) is 4.91 Å². The molecule has 0 saturated carbocycles. The van der Waals surface area contributed by atoms with Gasteiger partial charge in [0, 0.05) is 29.2 Å². The summed E-state index contributed by atoms with van der Waals surface area (Å²) in [4.78, 5) is 28.0. The van der Waals surface area contributed by atoms with Gasteiger partial charge in [-0.15, -0.1) is 0 Å². The molecule has 6 rings (SSSR count). The Hall–Kier alpha value is -4.09. The largest absolute Gasteiger partial charge is 0.342 e. The van der Waals surface area contributed by atoms with E-state index in [1.807, 2.05) is 78.9 Å². The fourth-order valence-electron chi connectivity index (χ4n) is 4.68. The zero-order valence-electron chi connectivity index (χ0n) is 18.9. The number of hydrogen-bond donors (Lipinski definition) is 0. The zero-order chi connectivity index (χ0) is 23.8. The molecule has 1 fully saturated rings. The Morgan fingerprint density at radius 1 is 0.714 bits per heavy atom. The van der Waals surface area contributed by atoms with E-state index in [-0.39, 0.29) is 17.7 Å². The molecular weight excluding hydrogens is 452 g/mol. The Balaban J connectivity index is 1.33. The van der Waals surface area contributed by atoms with Crippen molar-refractivity contribution >= 4 is 50.7 Å². The van der Waals surface area contributed by atoms with Crippen LogP contribution in [0.1, 0.15) is 16.7 Å². The normalized spacial score (nSPS) is 15.1. The van der Waals surface area contributed by atoms with Crippen molar-refractivity contribution in [3.63, 3.8) is 0 Å². The van der Waals surface area contributed by atoms with Gasteiger partial charge in [-0.1, -0.05) is 91.0 Å². The standard InChI is InChI=1S/C30H22N2O2S/c33-29-28(35-30(34)32(29)20-23-13-8-12-22-11-4-5-14-25(22)23)17-24-19-31(18-21-9-2-1-3-10-21)27-16-7-6-15-26(24)27/h1-17,19H,18,20H2/b28-17+. The number of hydrogen-bond acceptors (Lipinski definition) is 3. The van der Waals surface area contributed by atoms with E-state index in [9.17, 15) is 9.59 Å². The molecule has 35 heavy (non-hydrogen) atoms. The molecule has 1 saturated heterocycles. The number of imide groups is 1. The van der Waals surface area contributed by atoms with Crippen molar-refractivity contribution < 1.29 is 9.59 Å². The molecule has 2 amide bonds. The van der Waals surface area contributed by atoms with E-state index in [4.69, 9.17) is 0 Å². The van der Waals surface area contributed by atoms with E-state index in [0.717, 1.165) is 51.1 Å². The lowest BCUT2D eigenvalue weighted by molar-refractivity contribution is -0.123. The highest BCUT2D eigenvalue weighted by atomic mass is 32.2. The van der Waals surface area contributed by atoms with E-state index in [1.54, 1.807) is 0 Å². The summed E-state index contributed by atoms with van der Waals surface area (Å²) in [5, 5.41) is 2.98. The van der Waals surface area contributed by atoms with Crippen LogP contribution in [0.15, 0.2) is 108 Å². The van der Waals surface area contributed by atoms with Gasteiger partial charge >= 0.3 is 0 Å². The van der Waals surface area contributed by atoms with Crippen LogP contribution < -0.4 is 0 Å². The van der Waals surface area contributed by atoms with E-state index >= 15 is 0 Å². The molecule has 2 heterocycles. The maximum atomic E-state index is 13.3. The van der Waals surface area contributed by atoms with Gasteiger partial charge in [-0.2, -0.15) is 0 Å². The summed E-state index contributed by atoms with van der Waals surface area (Å²) in [5.41, 5.74) is 4.20. The predicted octanol–water partition coefficient (Wildman–Crippen LogP) is 7.08. The summed E-state index contributed by atoms with van der Waals surface area (Å²) >= 11 is 1.01. The minimum absolute atomic E-state index is 0.234. The van der Waals surface area contributed by atoms with Gasteiger partial charge in [0.15, 0.2) is 0 Å². The van der Waals surface area contributed by atoms with Gasteiger partial charge in [-0.05, 0) is 45.8 Å². The highest BCUT2D eigenvalue weighted by Gasteiger charge is 2.35. The first-order chi connectivity index (χ1) is 17.2. The summed E-state index contributed by atoms with van der Waals surface area (Å²) < 4.78 is 2.19. The molecule has 1 aromatic heterocycles. The lowest BCUT2D eigenvalue weighted by Crippen LogP contribution is -2.27. The maximum absolute atomic E-state index is 13.3. The molecule has 5 aromatic rings. The molecule has 0 N–H and O–H groups in total. The molecule has 0 unspecified atom stereocenters. The smallest absolute Gasteiger partial charge is 0.293 e. The SMILES string of the molecule is O=C1S/C(=C/c2cn(Cc3ccccc3)c3ccccc23)C(=O)N1Cc1cccc2ccccc12. The Labute approximate surface area is 207 Å². The Morgan fingerprint density at radius 2 is 1.43 bits per heavy atom. The third kappa shape index (κ3) is 4.04. The molecule has 0 aliphatic carbocycles. The van der Waals surface area contributed by atoms with Crippen molar-refractivity contribution in [1.82, 2.24) is 9.47 Å². The van der Waals surface area contributed by atoms with E-state index < -0.39 is 0 Å². The van der Waals surface area contributed by atoms with Gasteiger partial charge in [0.2, 0.25) is 0 Å². The van der Waals surface area contributed by atoms with E-state index in [1.165, 1.54) is 10.5 Å². The van der Waals surface area contributed by atoms with Crippen LogP contribution in [0.4, 0.5) is 4.79 Å². The van der Waals surface area contributed by atoms with Crippen LogP contribution in [0.3, 0.4) is 0 Å². The summed E-state index contributed by atoms with van der Waals surface area (Å²) in [6.07, 6.45) is 3.92. The molecule has 0 spiro atoms. The number of carbonyl (C=O) groups excluding carboxylic acids is 2. The minimum Gasteiger partial charge on any atom is -0.342 e. The van der Waals surface area contributed by atoms with Crippen molar-refractivity contribution in [2.75, 3.05) is 0 Å². The number of para-hydroxylation sites is 1. The van der Waals surface area contributed by atoms with Crippen molar-refractivity contribution in [3.05, 3.63) is 125 Å². The first-order valence-electron chi connectivity index (χ1n) is 11.5. The highest BCUT2D eigenvalue weighted by Crippen LogP contribution is 2.36. The second kappa shape index (κ2) is 8.93. The number of fused-ring (bicyclic) bond motifs is 2. The fourth-order valence-corrected chi connectivity index (χ4v) is 5.51. The topological polar surface area (TPSA) is 42.3 Å². The number of nitrogens with zero attached hydrogens (tertiary/aromatic N) is 2. The van der Waals surface area contributed by atoms with Gasteiger partial charge in [0.25, 0.3) is 11.1 Å². The molecule has 5 heteroatoms. The van der Waals surface area contributed by atoms with Crippen molar-refractivity contribution in [1.29, 1.82) is 0 Å². The van der Waals surface area contributed by atoms with Crippen molar-refractivity contribution in [3.8, 4) is 0 Å². The Bertz CT molecular complexity index is 1610. The molecule has 4 nitrogen and oxygen atoms in total. The van der Waals surface area contributed by atoms with Crippen molar-refractivity contribution in [2.24, 2.45) is 0 Å². The summed E-state index contributed by atoms with van der Waals surface area (Å²) in [7, 11) is 0. The Morgan fingerprint density at radius 3 is 2.29 bits per heavy atom. The number of amides is 2. The average Bonchev–Trinajstić information content (AvgIpc) is 3.36. The molecule has 170 valence electrons. The van der Waals surface area contributed by atoms with Crippen LogP contribution in [-0.2, 0) is 17.9 Å². The second-order valence-corrected chi connectivity index (χ2v) is 9.61.